The van der Waals surface area contributed by atoms with Gasteiger partial charge in [0.05, 0.1) is 97.6 Å². The number of nitrogens with one attached hydrogen (secondary N) is 6. The van der Waals surface area contributed by atoms with Gasteiger partial charge in [-0.2, -0.15) is 0 Å². The Kier molecular flexibility index (Phi) is 38.0. The normalized spacial score (nSPS) is 13.7. The third-order valence-corrected chi connectivity index (χ3v) is 17.7. The minimum atomic E-state index is -3.29. The molecule has 0 fully saturated rings. The lowest BCUT2D eigenvalue weighted by molar-refractivity contribution is -0.189. The molecule has 8 aromatic carbocycles. The van der Waals surface area contributed by atoms with Crippen LogP contribution in [0.15, 0.2) is 243 Å². The lowest BCUT2D eigenvalue weighted by Crippen LogP contribution is -2.56. The molecule has 0 bridgehead atoms. The fourth-order valence-electron chi connectivity index (χ4n) is 11.9. The summed E-state index contributed by atoms with van der Waals surface area (Å²) in [5.74, 6) is -6.11. The summed E-state index contributed by atoms with van der Waals surface area (Å²) in [5, 5.41) is 53.2. The van der Waals surface area contributed by atoms with Gasteiger partial charge in [0.2, 0.25) is 0 Å². The number of hydrogen-bond donors (Lipinski definition) is 9. The Labute approximate surface area is 613 Å². The lowest BCUT2D eigenvalue weighted by Gasteiger charge is -2.31. The van der Waals surface area contributed by atoms with Gasteiger partial charge in [0.1, 0.15) is 0 Å². The van der Waals surface area contributed by atoms with Gasteiger partial charge in [0.15, 0.2) is 0 Å². The van der Waals surface area contributed by atoms with E-state index in [1.54, 1.807) is 30.3 Å². The summed E-state index contributed by atoms with van der Waals surface area (Å²) in [5.41, 5.74) is 4.77. The predicted molar refractivity (Wildman–Crippen MR) is 402 cm³/mol. The standard InChI is InChI=1S/C84H106N6O14/c91-81(92)84(82(93)94,83(95)96)80(104-61-73-40-23-8-24-41-73)44-48-90-77(65-101-58-70-34-17-5-18-35-70)53-86-52-76(64-100-57-69-32-15-4-16-33-69)89-47-43-79(103-60-72-38-21-7-22-39-72)78(102-59-71-36-19-6-20-37-71)42-46-88-75(63-99-56-68-30-13-3-14-31-68)51-85-50-74(62-98-55-67-28-11-2-12-29-67)87-45-25-49-97-54-66-26-9-1-10-27-66/h1-24,26-41,74-80,85-90H,25,42-65H2,(H,91,92)(H,93,94)(H,95,96). The first-order valence-electron chi connectivity index (χ1n) is 36.2. The van der Waals surface area contributed by atoms with Crippen molar-refractivity contribution in [3.8, 4) is 0 Å². The third kappa shape index (κ3) is 30.7. The van der Waals surface area contributed by atoms with Gasteiger partial charge in [0, 0.05) is 57.0 Å². The molecule has 20 nitrogen and oxygen atoms in total. The summed E-state index contributed by atoms with van der Waals surface area (Å²) < 4.78 is 51.5. The quantitative estimate of drug-likeness (QED) is 0.0127. The number of rotatable bonds is 57. The molecule has 0 aromatic heterocycles. The second-order valence-electron chi connectivity index (χ2n) is 25.9. The molecule has 556 valence electrons. The van der Waals surface area contributed by atoms with E-state index in [2.05, 4.69) is 92.6 Å². The zero-order valence-corrected chi connectivity index (χ0v) is 59.6. The molecule has 0 saturated heterocycles. The number of carbonyl (C=O) groups is 3. The summed E-state index contributed by atoms with van der Waals surface area (Å²) in [6.45, 7) is 8.84. The Bertz CT molecular complexity index is 3500. The maximum atomic E-state index is 12.8. The number of hydrogen-bond acceptors (Lipinski definition) is 17. The van der Waals surface area contributed by atoms with Gasteiger partial charge in [-0.1, -0.05) is 243 Å². The highest BCUT2D eigenvalue weighted by atomic mass is 16.5. The van der Waals surface area contributed by atoms with Crippen LogP contribution in [-0.2, 0) is 105 Å². The van der Waals surface area contributed by atoms with Crippen molar-refractivity contribution in [2.24, 2.45) is 5.41 Å². The average Bonchev–Trinajstić information content (AvgIpc) is 0.776. The number of ether oxygens (including phenoxy) is 8. The number of carboxylic acid groups (broad SMARTS) is 3. The topological polar surface area (TPSA) is 258 Å². The molecular weight excluding hydrogens is 1320 g/mol. The van der Waals surface area contributed by atoms with Crippen molar-refractivity contribution in [3.63, 3.8) is 0 Å². The van der Waals surface area contributed by atoms with Gasteiger partial charge >= 0.3 is 17.9 Å². The Balaban J connectivity index is 0.956. The second kappa shape index (κ2) is 48.6. The van der Waals surface area contributed by atoms with Crippen molar-refractivity contribution in [1.29, 1.82) is 0 Å². The van der Waals surface area contributed by atoms with Gasteiger partial charge < -0.3 is 85.1 Å². The monoisotopic (exact) mass is 1420 g/mol. The molecule has 20 heteroatoms. The van der Waals surface area contributed by atoms with Crippen molar-refractivity contribution >= 4 is 17.9 Å². The van der Waals surface area contributed by atoms with E-state index in [-0.39, 0.29) is 56.5 Å². The molecule has 0 spiro atoms. The molecular formula is C84H106N6O14. The fraction of sp³-hybridized carbons (Fsp3) is 0.393. The molecule has 8 aromatic rings. The first-order chi connectivity index (χ1) is 51.1. The molecule has 104 heavy (non-hydrogen) atoms. The lowest BCUT2D eigenvalue weighted by atomic mass is 9.80. The zero-order chi connectivity index (χ0) is 72.8. The van der Waals surface area contributed by atoms with E-state index in [0.29, 0.717) is 130 Å². The molecule has 0 aliphatic rings. The number of carboxylic acids is 3. The average molecular weight is 1420 g/mol. The highest BCUT2D eigenvalue weighted by Gasteiger charge is 2.61. The van der Waals surface area contributed by atoms with E-state index in [1.165, 1.54) is 0 Å². The van der Waals surface area contributed by atoms with Gasteiger partial charge in [-0.25, -0.2) is 0 Å². The largest absolute Gasteiger partial charge is 0.480 e. The Morgan fingerprint density at radius 2 is 0.538 bits per heavy atom. The van der Waals surface area contributed by atoms with Gasteiger partial charge in [-0.3, -0.25) is 14.4 Å². The maximum absolute atomic E-state index is 12.8. The van der Waals surface area contributed by atoms with E-state index in [4.69, 9.17) is 37.9 Å². The molecule has 7 unspecified atom stereocenters. The van der Waals surface area contributed by atoms with Crippen molar-refractivity contribution < 1.29 is 67.6 Å². The van der Waals surface area contributed by atoms with Crippen molar-refractivity contribution in [2.75, 3.05) is 85.4 Å². The van der Waals surface area contributed by atoms with E-state index >= 15 is 0 Å². The van der Waals surface area contributed by atoms with Crippen LogP contribution in [0.25, 0.3) is 0 Å². The smallest absolute Gasteiger partial charge is 0.335 e. The zero-order valence-electron chi connectivity index (χ0n) is 59.6. The van der Waals surface area contributed by atoms with Crippen LogP contribution in [0.3, 0.4) is 0 Å². The highest BCUT2D eigenvalue weighted by molar-refractivity contribution is 6.17. The maximum Gasteiger partial charge on any atom is 0.335 e. The SMILES string of the molecule is O=C(O)C(C(=O)O)(C(=O)O)C(CCNC(CNCC(COCc1ccccc1)NCCC(OCc1ccccc1)C(CCNC(CNCC(COCc1ccccc1)NCCCOCc1ccccc1)COCc1ccccc1)OCc1ccccc1)COCc1ccccc1)OCc1ccccc1. The fourth-order valence-corrected chi connectivity index (χ4v) is 11.9. The Morgan fingerprint density at radius 1 is 0.298 bits per heavy atom. The molecule has 0 aliphatic carbocycles. The second-order valence-corrected chi connectivity index (χ2v) is 25.9. The molecule has 9 N–H and O–H groups in total. The van der Waals surface area contributed by atoms with Gasteiger partial charge in [0.25, 0.3) is 5.41 Å². The van der Waals surface area contributed by atoms with Crippen molar-refractivity contribution in [1.82, 2.24) is 31.9 Å². The number of benzene rings is 8. The molecule has 0 radical (unpaired) electrons. The molecule has 0 saturated carbocycles. The van der Waals surface area contributed by atoms with E-state index in [1.807, 2.05) is 152 Å². The predicted octanol–water partition coefficient (Wildman–Crippen LogP) is 10.6. The molecule has 0 amide bonds. The minimum absolute atomic E-state index is 0.0116. The molecule has 8 rings (SSSR count). The first kappa shape index (κ1) is 81.3. The van der Waals surface area contributed by atoms with Crippen LogP contribution in [0, 0.1) is 5.41 Å². The Hall–Kier alpha value is -8.39. The summed E-state index contributed by atoms with van der Waals surface area (Å²) in [7, 11) is 0. The summed E-state index contributed by atoms with van der Waals surface area (Å²) >= 11 is 0. The van der Waals surface area contributed by atoms with E-state index in [0.717, 1.165) is 51.9 Å². The summed E-state index contributed by atoms with van der Waals surface area (Å²) in [6, 6.07) is 78.7. The summed E-state index contributed by atoms with van der Waals surface area (Å²) in [6.07, 6.45) is -0.739. The molecule has 0 heterocycles. The van der Waals surface area contributed by atoms with Gasteiger partial charge in [-0.15, -0.1) is 0 Å². The van der Waals surface area contributed by atoms with E-state index < -0.39 is 35.5 Å². The van der Waals surface area contributed by atoms with Gasteiger partial charge in [-0.05, 0) is 96.4 Å². The van der Waals surface area contributed by atoms with Crippen LogP contribution in [0.5, 0.6) is 0 Å². The first-order valence-corrected chi connectivity index (χ1v) is 36.2. The highest BCUT2D eigenvalue weighted by Crippen LogP contribution is 2.30. The summed E-state index contributed by atoms with van der Waals surface area (Å²) in [4.78, 5) is 38.3. The molecule has 7 atom stereocenters. The van der Waals surface area contributed by atoms with Crippen LogP contribution in [0.4, 0.5) is 0 Å². The van der Waals surface area contributed by atoms with Crippen LogP contribution in [-0.4, -0.2) is 161 Å². The van der Waals surface area contributed by atoms with Crippen LogP contribution in [0.2, 0.25) is 0 Å². The molecule has 0 aliphatic heterocycles. The number of aliphatic carboxylic acids is 3. The van der Waals surface area contributed by atoms with Crippen LogP contribution >= 0.6 is 0 Å². The van der Waals surface area contributed by atoms with E-state index in [9.17, 15) is 29.7 Å². The van der Waals surface area contributed by atoms with Crippen molar-refractivity contribution in [3.05, 3.63) is 287 Å². The van der Waals surface area contributed by atoms with Crippen LogP contribution in [0.1, 0.15) is 70.2 Å². The minimum Gasteiger partial charge on any atom is -0.480 e. The van der Waals surface area contributed by atoms with Crippen LogP contribution < -0.4 is 31.9 Å². The third-order valence-electron chi connectivity index (χ3n) is 17.7. The Morgan fingerprint density at radius 3 is 0.817 bits per heavy atom. The van der Waals surface area contributed by atoms with Crippen molar-refractivity contribution in [2.45, 2.75) is 121 Å².